The van der Waals surface area contributed by atoms with E-state index in [1.807, 2.05) is 35.9 Å². The molecule has 1 unspecified atom stereocenters. The first-order valence-electron chi connectivity index (χ1n) is 6.38. The van der Waals surface area contributed by atoms with Crippen molar-refractivity contribution in [3.8, 4) is 5.75 Å². The lowest BCUT2D eigenvalue weighted by atomic mass is 10.1. The van der Waals surface area contributed by atoms with Gasteiger partial charge in [-0.2, -0.15) is 0 Å². The van der Waals surface area contributed by atoms with Crippen LogP contribution in [0.5, 0.6) is 5.75 Å². The molecule has 19 heavy (non-hydrogen) atoms. The fraction of sp³-hybridized carbons (Fsp3) is 0.400. The summed E-state index contributed by atoms with van der Waals surface area (Å²) in [6.07, 6.45) is 0.994. The van der Waals surface area contributed by atoms with Crippen molar-refractivity contribution in [3.05, 3.63) is 47.5 Å². The molecule has 1 aromatic heterocycles. The van der Waals surface area contributed by atoms with E-state index in [0.29, 0.717) is 11.7 Å². The zero-order valence-corrected chi connectivity index (χ0v) is 11.8. The van der Waals surface area contributed by atoms with Crippen LogP contribution < -0.4 is 4.74 Å². The van der Waals surface area contributed by atoms with Crippen LogP contribution in [0.3, 0.4) is 0 Å². The van der Waals surface area contributed by atoms with Crippen LogP contribution in [-0.2, 0) is 7.05 Å². The lowest BCUT2D eigenvalue weighted by molar-refractivity contribution is 0.206. The molecule has 1 heterocycles. The Bertz CT molecular complexity index is 561. The molecule has 0 saturated heterocycles. The van der Waals surface area contributed by atoms with Gasteiger partial charge in [0, 0.05) is 18.5 Å². The highest BCUT2D eigenvalue weighted by Gasteiger charge is 2.20. The quantitative estimate of drug-likeness (QED) is 0.919. The van der Waals surface area contributed by atoms with Gasteiger partial charge in [0.15, 0.2) is 0 Å². The minimum atomic E-state index is -0.735. The molecular weight excluding hydrogens is 240 g/mol. The summed E-state index contributed by atoms with van der Waals surface area (Å²) in [5.41, 5.74) is 1.52. The van der Waals surface area contributed by atoms with Crippen LogP contribution in [0.4, 0.5) is 0 Å². The molecule has 0 saturated carbocycles. The summed E-state index contributed by atoms with van der Waals surface area (Å²) in [7, 11) is 3.53. The molecule has 1 N–H and O–H groups in total. The van der Waals surface area contributed by atoms with Crippen LogP contribution >= 0.6 is 0 Å². The number of para-hydroxylation sites is 1. The van der Waals surface area contributed by atoms with Crippen molar-refractivity contribution in [2.24, 2.45) is 7.05 Å². The fourth-order valence-corrected chi connectivity index (χ4v) is 2.28. The van der Waals surface area contributed by atoms with Crippen molar-refractivity contribution in [2.75, 3.05) is 7.11 Å². The maximum Gasteiger partial charge on any atom is 0.125 e. The molecule has 4 nitrogen and oxygen atoms in total. The topological polar surface area (TPSA) is 47.3 Å². The van der Waals surface area contributed by atoms with E-state index in [-0.39, 0.29) is 0 Å². The smallest absolute Gasteiger partial charge is 0.125 e. The number of ether oxygens (including phenoxy) is 1. The van der Waals surface area contributed by atoms with Crippen molar-refractivity contribution in [1.29, 1.82) is 0 Å². The van der Waals surface area contributed by atoms with Crippen molar-refractivity contribution in [1.82, 2.24) is 9.55 Å². The Morgan fingerprint density at radius 3 is 2.53 bits per heavy atom. The molecule has 1 atom stereocenters. The maximum atomic E-state index is 10.5. The lowest BCUT2D eigenvalue weighted by Gasteiger charge is -2.16. The predicted octanol–water partition coefficient (Wildman–Crippen LogP) is 2.63. The Hall–Kier alpha value is -1.81. The number of methoxy groups -OCH3 is 1. The van der Waals surface area contributed by atoms with Crippen LogP contribution in [-0.4, -0.2) is 21.8 Å². The maximum absolute atomic E-state index is 10.5. The molecule has 0 aliphatic rings. The Balaban J connectivity index is 2.42. The minimum Gasteiger partial charge on any atom is -0.496 e. The zero-order valence-electron chi connectivity index (χ0n) is 11.8. The normalized spacial score (nSPS) is 12.7. The van der Waals surface area contributed by atoms with Crippen molar-refractivity contribution >= 4 is 0 Å². The Morgan fingerprint density at radius 2 is 1.95 bits per heavy atom. The second-order valence-electron chi connectivity index (χ2n) is 4.90. The lowest BCUT2D eigenvalue weighted by Crippen LogP contribution is -2.09. The van der Waals surface area contributed by atoms with Gasteiger partial charge in [-0.05, 0) is 6.07 Å². The summed E-state index contributed by atoms with van der Waals surface area (Å²) in [6, 6.07) is 7.49. The number of aromatic nitrogens is 2. The van der Waals surface area contributed by atoms with Gasteiger partial charge in [-0.3, -0.25) is 0 Å². The molecule has 2 rings (SSSR count). The van der Waals surface area contributed by atoms with Crippen LogP contribution in [0.1, 0.15) is 43.0 Å². The highest BCUT2D eigenvalue weighted by Crippen LogP contribution is 2.30. The number of hydrogen-bond acceptors (Lipinski definition) is 3. The van der Waals surface area contributed by atoms with Crippen LogP contribution in [0.15, 0.2) is 30.5 Å². The number of aliphatic hydroxyl groups is 1. The minimum absolute atomic E-state index is 0.323. The molecule has 0 fully saturated rings. The summed E-state index contributed by atoms with van der Waals surface area (Å²) in [6.45, 7) is 4.17. The number of benzene rings is 1. The molecule has 0 radical (unpaired) electrons. The van der Waals surface area contributed by atoms with Gasteiger partial charge in [-0.1, -0.05) is 32.0 Å². The molecule has 1 aromatic carbocycles. The van der Waals surface area contributed by atoms with E-state index < -0.39 is 6.10 Å². The molecular formula is C15H20N2O2. The van der Waals surface area contributed by atoms with Gasteiger partial charge >= 0.3 is 0 Å². The Morgan fingerprint density at radius 1 is 1.26 bits per heavy atom. The monoisotopic (exact) mass is 260 g/mol. The van der Waals surface area contributed by atoms with Crippen molar-refractivity contribution < 1.29 is 9.84 Å². The third-order valence-corrected chi connectivity index (χ3v) is 3.29. The average Bonchev–Trinajstić information content (AvgIpc) is 2.80. The van der Waals surface area contributed by atoms with E-state index in [0.717, 1.165) is 17.1 Å². The second kappa shape index (κ2) is 5.45. The summed E-state index contributed by atoms with van der Waals surface area (Å²) in [5, 5.41) is 10.5. The number of hydrogen-bond donors (Lipinski definition) is 1. The van der Waals surface area contributed by atoms with Gasteiger partial charge in [-0.25, -0.2) is 4.98 Å². The van der Waals surface area contributed by atoms with E-state index in [1.54, 1.807) is 13.3 Å². The van der Waals surface area contributed by atoms with Gasteiger partial charge in [0.2, 0.25) is 0 Å². The van der Waals surface area contributed by atoms with Gasteiger partial charge < -0.3 is 14.4 Å². The second-order valence-corrected chi connectivity index (χ2v) is 4.90. The van der Waals surface area contributed by atoms with E-state index in [1.165, 1.54) is 0 Å². The third kappa shape index (κ3) is 2.49. The van der Waals surface area contributed by atoms with E-state index >= 15 is 0 Å². The SMILES string of the molecule is COc1ccccc1C(O)c1cnc(C(C)C)n1C. The molecule has 0 amide bonds. The van der Waals surface area contributed by atoms with Crippen LogP contribution in [0.25, 0.3) is 0 Å². The number of imidazole rings is 1. The summed E-state index contributed by atoms with van der Waals surface area (Å²) in [4.78, 5) is 4.38. The summed E-state index contributed by atoms with van der Waals surface area (Å²) < 4.78 is 7.24. The Labute approximate surface area is 113 Å². The average molecular weight is 260 g/mol. The predicted molar refractivity (Wildman–Crippen MR) is 74.4 cm³/mol. The van der Waals surface area contributed by atoms with E-state index in [4.69, 9.17) is 4.74 Å². The molecule has 4 heteroatoms. The van der Waals surface area contributed by atoms with E-state index in [2.05, 4.69) is 18.8 Å². The van der Waals surface area contributed by atoms with E-state index in [9.17, 15) is 5.11 Å². The van der Waals surface area contributed by atoms with Crippen molar-refractivity contribution in [2.45, 2.75) is 25.9 Å². The van der Waals surface area contributed by atoms with Gasteiger partial charge in [-0.15, -0.1) is 0 Å². The van der Waals surface area contributed by atoms with Gasteiger partial charge in [0.25, 0.3) is 0 Å². The Kier molecular flexibility index (Phi) is 3.90. The first-order chi connectivity index (χ1) is 9.06. The number of rotatable bonds is 4. The fourth-order valence-electron chi connectivity index (χ4n) is 2.28. The first-order valence-corrected chi connectivity index (χ1v) is 6.38. The van der Waals surface area contributed by atoms with Crippen LogP contribution in [0, 0.1) is 0 Å². The van der Waals surface area contributed by atoms with Gasteiger partial charge in [0.1, 0.15) is 17.7 Å². The molecule has 0 bridgehead atoms. The zero-order chi connectivity index (χ0) is 14.0. The molecule has 0 spiro atoms. The third-order valence-electron chi connectivity index (χ3n) is 3.29. The molecule has 0 aliphatic heterocycles. The largest absolute Gasteiger partial charge is 0.496 e. The molecule has 102 valence electrons. The number of nitrogens with zero attached hydrogens (tertiary/aromatic N) is 2. The first kappa shape index (κ1) is 13.6. The standard InChI is InChI=1S/C15H20N2O2/c1-10(2)15-16-9-12(17(15)3)14(18)11-7-5-6-8-13(11)19-4/h5-10,14,18H,1-4H3. The molecule has 0 aliphatic carbocycles. The van der Waals surface area contributed by atoms with Crippen molar-refractivity contribution in [3.63, 3.8) is 0 Å². The number of aliphatic hydroxyl groups excluding tert-OH is 1. The highest BCUT2D eigenvalue weighted by atomic mass is 16.5. The summed E-state index contributed by atoms with van der Waals surface area (Å²) >= 11 is 0. The van der Waals surface area contributed by atoms with Gasteiger partial charge in [0.05, 0.1) is 19.0 Å². The highest BCUT2D eigenvalue weighted by molar-refractivity contribution is 5.38. The molecule has 2 aromatic rings. The summed E-state index contributed by atoms with van der Waals surface area (Å²) in [5.74, 6) is 1.97. The van der Waals surface area contributed by atoms with Crippen LogP contribution in [0.2, 0.25) is 0 Å².